The van der Waals surface area contributed by atoms with Crippen molar-refractivity contribution in [3.63, 3.8) is 0 Å². The van der Waals surface area contributed by atoms with Crippen LogP contribution in [0.1, 0.15) is 91.5 Å². The van der Waals surface area contributed by atoms with Crippen LogP contribution >= 0.6 is 0 Å². The van der Waals surface area contributed by atoms with E-state index in [0.717, 1.165) is 18.2 Å². The molecule has 1 N–H and O–H groups in total. The third kappa shape index (κ3) is 8.25. The molecular weight excluding hydrogens is 651 g/mol. The van der Waals surface area contributed by atoms with E-state index in [1.807, 2.05) is 71.9 Å². The molecular formula is C33H42IrNO3-. The van der Waals surface area contributed by atoms with Crippen LogP contribution in [-0.2, 0) is 24.9 Å². The number of rotatable bonds is 8. The second kappa shape index (κ2) is 14.1. The van der Waals surface area contributed by atoms with E-state index in [2.05, 4.69) is 29.2 Å². The number of pyridine rings is 1. The number of allylic oxidation sites excluding steroid dienone is 2. The van der Waals surface area contributed by atoms with Crippen molar-refractivity contribution in [2.45, 2.75) is 86.0 Å². The van der Waals surface area contributed by atoms with Gasteiger partial charge in [0.05, 0.1) is 0 Å². The predicted molar refractivity (Wildman–Crippen MR) is 152 cm³/mol. The molecule has 3 aromatic rings. The van der Waals surface area contributed by atoms with E-state index in [9.17, 15) is 9.90 Å². The number of ether oxygens (including phenoxy) is 1. The van der Waals surface area contributed by atoms with Crippen LogP contribution in [0.4, 0.5) is 0 Å². The van der Waals surface area contributed by atoms with Gasteiger partial charge in [-0.2, -0.15) is 18.2 Å². The van der Waals surface area contributed by atoms with Crippen molar-refractivity contribution in [3.05, 3.63) is 78.2 Å². The monoisotopic (exact) mass is 693 g/mol. The van der Waals surface area contributed by atoms with Crippen LogP contribution in [0.25, 0.3) is 10.8 Å². The summed E-state index contributed by atoms with van der Waals surface area (Å²) in [6.07, 6.45) is 10.1. The topological polar surface area (TPSA) is 59.4 Å². The predicted octanol–water partition coefficient (Wildman–Crippen LogP) is 9.35. The number of aromatic nitrogens is 1. The Kier molecular flexibility index (Phi) is 11.7. The number of aliphatic hydroxyl groups excluding tert-OH is 1. The van der Waals surface area contributed by atoms with Crippen molar-refractivity contribution in [1.82, 2.24) is 4.98 Å². The fourth-order valence-electron chi connectivity index (χ4n) is 4.17. The van der Waals surface area contributed by atoms with E-state index in [1.54, 1.807) is 6.20 Å². The minimum atomic E-state index is -0.377. The summed E-state index contributed by atoms with van der Waals surface area (Å²) in [5, 5.41) is 12.1. The van der Waals surface area contributed by atoms with Gasteiger partial charge in [-0.25, -0.2) is 4.98 Å². The molecule has 0 amide bonds. The van der Waals surface area contributed by atoms with Gasteiger partial charge in [0, 0.05) is 54.3 Å². The van der Waals surface area contributed by atoms with E-state index in [-0.39, 0.29) is 42.5 Å². The number of aliphatic hydroxyl groups is 1. The van der Waals surface area contributed by atoms with Gasteiger partial charge in [0.2, 0.25) is 5.88 Å². The average molecular weight is 693 g/mol. The van der Waals surface area contributed by atoms with Gasteiger partial charge >= 0.3 is 0 Å². The molecule has 207 valence electrons. The molecule has 4 rings (SSSR count). The largest absolute Gasteiger partial charge is 0.512 e. The molecule has 0 spiro atoms. The second-order valence-corrected chi connectivity index (χ2v) is 11.3. The number of ketones is 1. The maximum absolute atomic E-state index is 11.8. The van der Waals surface area contributed by atoms with Crippen molar-refractivity contribution in [3.8, 4) is 11.6 Å². The number of nitrogens with zero attached hydrogens (tertiary/aromatic N) is 1. The molecule has 1 fully saturated rings. The molecule has 0 unspecified atom stereocenters. The minimum Gasteiger partial charge on any atom is -0.512 e. The van der Waals surface area contributed by atoms with Gasteiger partial charge in [-0.3, -0.25) is 4.79 Å². The van der Waals surface area contributed by atoms with Gasteiger partial charge in [-0.1, -0.05) is 66.5 Å². The molecule has 5 heteroatoms. The summed E-state index contributed by atoms with van der Waals surface area (Å²) in [5.74, 6) is 2.26. The molecule has 0 atom stereocenters. The minimum absolute atomic E-state index is 0. The van der Waals surface area contributed by atoms with Crippen LogP contribution in [0.2, 0.25) is 0 Å². The van der Waals surface area contributed by atoms with Crippen LogP contribution < -0.4 is 4.74 Å². The first-order valence-corrected chi connectivity index (χ1v) is 13.6. The molecule has 38 heavy (non-hydrogen) atoms. The summed E-state index contributed by atoms with van der Waals surface area (Å²) < 4.78 is 5.94. The molecule has 1 radical (unpaired) electrons. The summed E-state index contributed by atoms with van der Waals surface area (Å²) in [4.78, 5) is 16.3. The third-order valence-corrected chi connectivity index (χ3v) is 7.86. The Hall–Kier alpha value is -2.49. The number of hydrogen-bond acceptors (Lipinski definition) is 4. The molecule has 1 aliphatic carbocycles. The SMILES string of the molecule is CCC(C)(C)C(=O)/C=C(\O)C(C)(C)CC.[Ir].[c-]1ccccc1Oc1nccc2ccc(C3CCCC3)cc12. The van der Waals surface area contributed by atoms with Gasteiger partial charge < -0.3 is 9.84 Å². The molecule has 4 nitrogen and oxygen atoms in total. The number of benzene rings is 2. The summed E-state index contributed by atoms with van der Waals surface area (Å²) in [7, 11) is 0. The number of hydrogen-bond donors (Lipinski definition) is 1. The zero-order valence-electron chi connectivity index (χ0n) is 23.6. The van der Waals surface area contributed by atoms with E-state index >= 15 is 0 Å². The van der Waals surface area contributed by atoms with E-state index < -0.39 is 0 Å². The first kappa shape index (κ1) is 31.7. The number of carbonyl (C=O) groups excluding carboxylic acids is 1. The molecule has 1 saturated carbocycles. The molecule has 1 heterocycles. The second-order valence-electron chi connectivity index (χ2n) is 11.3. The van der Waals surface area contributed by atoms with E-state index in [0.29, 0.717) is 17.5 Å². The maximum Gasteiger partial charge on any atom is 0.224 e. The summed E-state index contributed by atoms with van der Waals surface area (Å²) in [5.41, 5.74) is 0.733. The Morgan fingerprint density at radius 2 is 1.74 bits per heavy atom. The van der Waals surface area contributed by atoms with Crippen molar-refractivity contribution >= 4 is 16.6 Å². The molecule has 0 bridgehead atoms. The van der Waals surface area contributed by atoms with Crippen LogP contribution in [0.5, 0.6) is 11.6 Å². The van der Waals surface area contributed by atoms with E-state index in [4.69, 9.17) is 4.74 Å². The number of para-hydroxylation sites is 1. The van der Waals surface area contributed by atoms with Crippen LogP contribution in [-0.4, -0.2) is 15.9 Å². The van der Waals surface area contributed by atoms with Crippen LogP contribution in [0, 0.1) is 16.9 Å². The van der Waals surface area contributed by atoms with Crippen molar-refractivity contribution < 1.29 is 34.7 Å². The van der Waals surface area contributed by atoms with Gasteiger partial charge in [0.15, 0.2) is 5.78 Å². The molecule has 0 saturated heterocycles. The summed E-state index contributed by atoms with van der Waals surface area (Å²) in [6.45, 7) is 11.7. The van der Waals surface area contributed by atoms with Crippen molar-refractivity contribution in [2.75, 3.05) is 0 Å². The van der Waals surface area contributed by atoms with Gasteiger partial charge in [-0.15, -0.1) is 12.1 Å². The van der Waals surface area contributed by atoms with Crippen LogP contribution in [0.15, 0.2) is 66.6 Å². The fourth-order valence-corrected chi connectivity index (χ4v) is 4.17. The maximum atomic E-state index is 11.8. The quantitative estimate of drug-likeness (QED) is 0.145. The molecule has 0 aliphatic heterocycles. The number of carbonyl (C=O) groups is 1. The zero-order valence-corrected chi connectivity index (χ0v) is 26.0. The zero-order chi connectivity index (χ0) is 27.1. The van der Waals surface area contributed by atoms with Crippen molar-refractivity contribution in [1.29, 1.82) is 0 Å². The van der Waals surface area contributed by atoms with E-state index in [1.165, 1.54) is 42.7 Å². The van der Waals surface area contributed by atoms with Crippen LogP contribution in [0.3, 0.4) is 0 Å². The normalized spacial score (nSPS) is 14.4. The Labute approximate surface area is 242 Å². The fraction of sp³-hybridized carbons (Fsp3) is 0.455. The Bertz CT molecular complexity index is 1210. The Balaban J connectivity index is 0.000000282. The molecule has 1 aromatic heterocycles. The number of fused-ring (bicyclic) bond motifs is 1. The first-order valence-electron chi connectivity index (χ1n) is 13.6. The smallest absolute Gasteiger partial charge is 0.224 e. The molecule has 1 aliphatic rings. The summed E-state index contributed by atoms with van der Waals surface area (Å²) >= 11 is 0. The Morgan fingerprint density at radius 3 is 2.34 bits per heavy atom. The van der Waals surface area contributed by atoms with Gasteiger partial charge in [0.1, 0.15) is 5.76 Å². The third-order valence-electron chi connectivity index (χ3n) is 7.86. The Morgan fingerprint density at radius 1 is 1.05 bits per heavy atom. The summed E-state index contributed by atoms with van der Waals surface area (Å²) in [6, 6.07) is 19.5. The van der Waals surface area contributed by atoms with Gasteiger partial charge in [0.25, 0.3) is 0 Å². The van der Waals surface area contributed by atoms with Gasteiger partial charge in [-0.05, 0) is 54.7 Å². The standard InChI is InChI=1S/C20H18NO.C13H24O2.Ir/c1-2-8-18(9-3-1)22-20-19-14-17(15-6-4-5-7-15)11-10-16(19)12-13-21-20;1-7-12(3,4)10(14)9-11(15)13(5,6)8-2;/h1-3,8,10-15H,4-7H2;9,14H,7-8H2,1-6H3;/q-1;;/b;10-9-;. The molecule has 2 aromatic carbocycles. The first-order chi connectivity index (χ1) is 17.6. The average Bonchev–Trinajstić information content (AvgIpc) is 3.45. The van der Waals surface area contributed by atoms with Crippen molar-refractivity contribution in [2.24, 2.45) is 10.8 Å².